The molecule has 2 heterocycles. The maximum atomic E-state index is 12.9. The molecule has 0 spiro atoms. The molecule has 1 saturated heterocycles. The van der Waals surface area contributed by atoms with Gasteiger partial charge in [-0.2, -0.15) is 28.2 Å². The highest BCUT2D eigenvalue weighted by atomic mass is 19.4. The highest BCUT2D eigenvalue weighted by Crippen LogP contribution is 2.31. The summed E-state index contributed by atoms with van der Waals surface area (Å²) < 4.78 is 38.8. The Morgan fingerprint density at radius 1 is 0.767 bits per heavy atom. The summed E-state index contributed by atoms with van der Waals surface area (Å²) in [5.41, 5.74) is 1.93. The Bertz CT molecular complexity index is 928. The van der Waals surface area contributed by atoms with Crippen LogP contribution in [-0.4, -0.2) is 52.6 Å². The molecule has 1 aliphatic heterocycles. The van der Waals surface area contributed by atoms with E-state index in [9.17, 15) is 13.2 Å². The highest BCUT2D eigenvalue weighted by molar-refractivity contribution is 5.72. The van der Waals surface area contributed by atoms with Crippen LogP contribution in [-0.2, 0) is 12.7 Å². The van der Waals surface area contributed by atoms with Gasteiger partial charge in [0, 0.05) is 31.9 Å². The first-order valence-electron chi connectivity index (χ1n) is 10.4. The van der Waals surface area contributed by atoms with E-state index in [0.29, 0.717) is 5.69 Å². The van der Waals surface area contributed by atoms with Crippen LogP contribution in [0.2, 0.25) is 0 Å². The summed E-state index contributed by atoms with van der Waals surface area (Å²) in [7, 11) is 0. The van der Waals surface area contributed by atoms with Gasteiger partial charge in [0.2, 0.25) is 0 Å². The third-order valence-electron chi connectivity index (χ3n) is 5.57. The van der Waals surface area contributed by atoms with Gasteiger partial charge in [0.25, 0.3) is 0 Å². The fourth-order valence-electron chi connectivity index (χ4n) is 3.88. The Labute approximate surface area is 174 Å². The van der Waals surface area contributed by atoms with Crippen LogP contribution in [0.1, 0.15) is 24.8 Å². The Morgan fingerprint density at radius 2 is 1.43 bits per heavy atom. The number of fused-ring (bicyclic) bond motifs is 1. The summed E-state index contributed by atoms with van der Waals surface area (Å²) in [5, 5.41) is 8.96. The molecule has 4 rings (SSSR count). The van der Waals surface area contributed by atoms with Gasteiger partial charge < -0.3 is 4.90 Å². The van der Waals surface area contributed by atoms with Crippen LogP contribution in [0.15, 0.2) is 48.5 Å². The lowest BCUT2D eigenvalue weighted by atomic mass is 10.1. The van der Waals surface area contributed by atoms with E-state index in [2.05, 4.69) is 15.1 Å². The number of benzene rings is 2. The molecule has 1 aromatic heterocycles. The van der Waals surface area contributed by atoms with Crippen LogP contribution in [0, 0.1) is 0 Å². The smallest absolute Gasteiger partial charge is 0.369 e. The second kappa shape index (κ2) is 9.04. The van der Waals surface area contributed by atoms with Crippen molar-refractivity contribution >= 4 is 16.7 Å². The molecule has 160 valence electrons. The number of rotatable bonds is 7. The summed E-state index contributed by atoms with van der Waals surface area (Å²) in [5.74, 6) is 0. The number of anilines is 1. The lowest BCUT2D eigenvalue weighted by Gasteiger charge is -2.36. The number of hydrogen-bond acceptors (Lipinski definition) is 4. The minimum atomic E-state index is -4.30. The quantitative estimate of drug-likeness (QED) is 0.533. The largest absolute Gasteiger partial charge is 0.416 e. The lowest BCUT2D eigenvalue weighted by Crippen LogP contribution is -2.46. The summed E-state index contributed by atoms with van der Waals surface area (Å²) in [4.78, 5) is 6.21. The van der Waals surface area contributed by atoms with E-state index in [1.807, 2.05) is 29.2 Å². The first-order valence-corrected chi connectivity index (χ1v) is 10.4. The standard InChI is InChI=1S/C22H26F3N5/c23-22(24,25)18-7-6-8-19(17-18)29-15-13-28(14-16-29)11-4-1-5-12-30-26-20-9-2-3-10-21(20)27-30/h2-3,6-10,17H,1,4-5,11-16H2. The molecule has 0 atom stereocenters. The van der Waals surface area contributed by atoms with Crippen LogP contribution in [0.3, 0.4) is 0 Å². The van der Waals surface area contributed by atoms with Crippen molar-refractivity contribution in [1.82, 2.24) is 19.9 Å². The Morgan fingerprint density at radius 3 is 2.10 bits per heavy atom. The Kier molecular flexibility index (Phi) is 6.22. The molecule has 5 nitrogen and oxygen atoms in total. The summed E-state index contributed by atoms with van der Waals surface area (Å²) >= 11 is 0. The maximum absolute atomic E-state index is 12.9. The zero-order chi connectivity index (χ0) is 21.0. The number of hydrogen-bond donors (Lipinski definition) is 0. The van der Waals surface area contributed by atoms with Gasteiger partial charge in [-0.1, -0.05) is 24.6 Å². The lowest BCUT2D eigenvalue weighted by molar-refractivity contribution is -0.137. The van der Waals surface area contributed by atoms with Gasteiger partial charge in [-0.05, 0) is 49.7 Å². The fourth-order valence-corrected chi connectivity index (χ4v) is 3.88. The van der Waals surface area contributed by atoms with Gasteiger partial charge in [-0.3, -0.25) is 4.90 Å². The molecule has 30 heavy (non-hydrogen) atoms. The van der Waals surface area contributed by atoms with E-state index in [0.717, 1.165) is 75.6 Å². The second-order valence-corrected chi connectivity index (χ2v) is 7.72. The molecule has 0 bridgehead atoms. The summed E-state index contributed by atoms with van der Waals surface area (Å²) in [6.45, 7) is 5.10. The minimum Gasteiger partial charge on any atom is -0.369 e. The number of aromatic nitrogens is 3. The summed E-state index contributed by atoms with van der Waals surface area (Å²) in [6.07, 6.45) is -1.06. The maximum Gasteiger partial charge on any atom is 0.416 e. The van der Waals surface area contributed by atoms with Gasteiger partial charge in [0.1, 0.15) is 11.0 Å². The molecular formula is C22H26F3N5. The molecule has 0 amide bonds. The number of nitrogens with zero attached hydrogens (tertiary/aromatic N) is 5. The molecule has 1 fully saturated rings. The fraction of sp³-hybridized carbons (Fsp3) is 0.455. The van der Waals surface area contributed by atoms with E-state index in [1.54, 1.807) is 10.9 Å². The molecule has 1 aliphatic rings. The van der Waals surface area contributed by atoms with Crippen LogP contribution in [0.5, 0.6) is 0 Å². The van der Waals surface area contributed by atoms with E-state index in [4.69, 9.17) is 0 Å². The number of aryl methyl sites for hydroxylation is 1. The monoisotopic (exact) mass is 417 g/mol. The zero-order valence-corrected chi connectivity index (χ0v) is 16.9. The van der Waals surface area contributed by atoms with Crippen molar-refractivity contribution in [2.24, 2.45) is 0 Å². The molecule has 8 heteroatoms. The average molecular weight is 417 g/mol. The van der Waals surface area contributed by atoms with Crippen molar-refractivity contribution in [1.29, 1.82) is 0 Å². The normalized spacial score (nSPS) is 15.8. The number of piperazine rings is 1. The van der Waals surface area contributed by atoms with E-state index in [-0.39, 0.29) is 0 Å². The van der Waals surface area contributed by atoms with Crippen molar-refractivity contribution in [2.45, 2.75) is 32.0 Å². The molecule has 0 saturated carbocycles. The molecule has 0 aliphatic carbocycles. The molecule has 0 radical (unpaired) electrons. The van der Waals surface area contributed by atoms with Gasteiger partial charge >= 0.3 is 6.18 Å². The Hall–Kier alpha value is -2.61. The van der Waals surface area contributed by atoms with Crippen LogP contribution >= 0.6 is 0 Å². The van der Waals surface area contributed by atoms with E-state index in [1.165, 1.54) is 12.1 Å². The molecule has 0 unspecified atom stereocenters. The first-order chi connectivity index (χ1) is 14.5. The van der Waals surface area contributed by atoms with Crippen molar-refractivity contribution in [3.8, 4) is 0 Å². The van der Waals surface area contributed by atoms with Gasteiger partial charge in [0.15, 0.2) is 0 Å². The number of halogens is 3. The Balaban J connectivity index is 1.16. The molecular weight excluding hydrogens is 391 g/mol. The van der Waals surface area contributed by atoms with Crippen molar-refractivity contribution in [3.05, 3.63) is 54.1 Å². The number of unbranched alkanes of at least 4 members (excludes halogenated alkanes) is 2. The van der Waals surface area contributed by atoms with Crippen molar-refractivity contribution < 1.29 is 13.2 Å². The van der Waals surface area contributed by atoms with Gasteiger partial charge in [0.05, 0.1) is 12.1 Å². The highest BCUT2D eigenvalue weighted by Gasteiger charge is 2.31. The molecule has 0 N–H and O–H groups in total. The minimum absolute atomic E-state index is 0.581. The molecule has 2 aromatic carbocycles. The third-order valence-corrected chi connectivity index (χ3v) is 5.57. The van der Waals surface area contributed by atoms with Gasteiger partial charge in [-0.25, -0.2) is 0 Å². The SMILES string of the molecule is FC(F)(F)c1cccc(N2CCN(CCCCCn3nc4ccccc4n3)CC2)c1. The second-order valence-electron chi connectivity index (χ2n) is 7.72. The molecule has 3 aromatic rings. The van der Waals surface area contributed by atoms with Crippen LogP contribution in [0.25, 0.3) is 11.0 Å². The van der Waals surface area contributed by atoms with Gasteiger partial charge in [-0.15, -0.1) is 0 Å². The predicted molar refractivity (Wildman–Crippen MR) is 111 cm³/mol. The average Bonchev–Trinajstić information content (AvgIpc) is 3.16. The summed E-state index contributed by atoms with van der Waals surface area (Å²) in [6, 6.07) is 13.5. The third kappa shape index (κ3) is 5.11. The van der Waals surface area contributed by atoms with E-state index >= 15 is 0 Å². The predicted octanol–water partition coefficient (Wildman–Crippen LogP) is 4.44. The van der Waals surface area contributed by atoms with Crippen molar-refractivity contribution in [3.63, 3.8) is 0 Å². The van der Waals surface area contributed by atoms with Crippen LogP contribution < -0.4 is 4.90 Å². The number of alkyl halides is 3. The van der Waals surface area contributed by atoms with Crippen LogP contribution in [0.4, 0.5) is 18.9 Å². The first kappa shape index (κ1) is 20.7. The van der Waals surface area contributed by atoms with E-state index < -0.39 is 11.7 Å². The topological polar surface area (TPSA) is 37.2 Å². The zero-order valence-electron chi connectivity index (χ0n) is 16.9. The van der Waals surface area contributed by atoms with Crippen molar-refractivity contribution in [2.75, 3.05) is 37.6 Å².